The summed E-state index contributed by atoms with van der Waals surface area (Å²) in [5.41, 5.74) is 5.64. The number of hydrogen-bond donors (Lipinski definition) is 2. The highest BCUT2D eigenvalue weighted by atomic mass is 16.2. The molecule has 0 saturated carbocycles. The predicted octanol–water partition coefficient (Wildman–Crippen LogP) is 1.15. The van der Waals surface area contributed by atoms with Crippen LogP contribution in [-0.2, 0) is 4.79 Å². The molecule has 1 amide bonds. The summed E-state index contributed by atoms with van der Waals surface area (Å²) >= 11 is 0. The summed E-state index contributed by atoms with van der Waals surface area (Å²) in [4.78, 5) is 15.4. The standard InChI is InChI=1S/C10H15N3O/c1-2-5-8(11)10(14)13-9-6-3-4-7-12-9/h3-4,6-8H,2,5,11H2,1H3,(H,12,13,14). The van der Waals surface area contributed by atoms with Gasteiger partial charge in [0.2, 0.25) is 5.91 Å². The minimum Gasteiger partial charge on any atom is -0.320 e. The van der Waals surface area contributed by atoms with Crippen LogP contribution in [0.25, 0.3) is 0 Å². The van der Waals surface area contributed by atoms with Crippen molar-refractivity contribution >= 4 is 11.7 Å². The van der Waals surface area contributed by atoms with Crippen LogP contribution >= 0.6 is 0 Å². The highest BCUT2D eigenvalue weighted by molar-refractivity contribution is 5.93. The number of rotatable bonds is 4. The monoisotopic (exact) mass is 193 g/mol. The smallest absolute Gasteiger partial charge is 0.242 e. The molecule has 76 valence electrons. The van der Waals surface area contributed by atoms with Crippen molar-refractivity contribution in [1.29, 1.82) is 0 Å². The zero-order valence-electron chi connectivity index (χ0n) is 8.23. The molecular weight excluding hydrogens is 178 g/mol. The number of aromatic nitrogens is 1. The Morgan fingerprint density at radius 2 is 2.43 bits per heavy atom. The summed E-state index contributed by atoms with van der Waals surface area (Å²) in [5.74, 6) is 0.370. The van der Waals surface area contributed by atoms with Crippen LogP contribution in [-0.4, -0.2) is 16.9 Å². The molecular formula is C10H15N3O. The van der Waals surface area contributed by atoms with Crippen molar-refractivity contribution in [3.8, 4) is 0 Å². The highest BCUT2D eigenvalue weighted by Crippen LogP contribution is 2.02. The summed E-state index contributed by atoms with van der Waals surface area (Å²) in [6.45, 7) is 1.99. The molecule has 0 aromatic carbocycles. The molecule has 0 aliphatic rings. The molecule has 1 unspecified atom stereocenters. The molecule has 0 radical (unpaired) electrons. The van der Waals surface area contributed by atoms with Crippen molar-refractivity contribution < 1.29 is 4.79 Å². The van der Waals surface area contributed by atoms with Crippen LogP contribution in [0.15, 0.2) is 24.4 Å². The second-order valence-electron chi connectivity index (χ2n) is 3.10. The molecule has 4 nitrogen and oxygen atoms in total. The largest absolute Gasteiger partial charge is 0.320 e. The number of nitrogens with one attached hydrogen (secondary N) is 1. The quantitative estimate of drug-likeness (QED) is 0.753. The van der Waals surface area contributed by atoms with Gasteiger partial charge in [0.15, 0.2) is 0 Å². The van der Waals surface area contributed by atoms with Gasteiger partial charge in [0.25, 0.3) is 0 Å². The third kappa shape index (κ3) is 3.14. The number of hydrogen-bond acceptors (Lipinski definition) is 3. The van der Waals surface area contributed by atoms with Crippen LogP contribution in [0.1, 0.15) is 19.8 Å². The highest BCUT2D eigenvalue weighted by Gasteiger charge is 2.11. The molecule has 0 aliphatic heterocycles. The van der Waals surface area contributed by atoms with E-state index in [-0.39, 0.29) is 5.91 Å². The van der Waals surface area contributed by atoms with Crippen LogP contribution < -0.4 is 11.1 Å². The van der Waals surface area contributed by atoms with Gasteiger partial charge in [-0.1, -0.05) is 19.4 Å². The Hall–Kier alpha value is -1.42. The van der Waals surface area contributed by atoms with E-state index >= 15 is 0 Å². The Kier molecular flexibility index (Phi) is 4.07. The van der Waals surface area contributed by atoms with E-state index in [0.29, 0.717) is 12.2 Å². The van der Waals surface area contributed by atoms with Gasteiger partial charge in [-0.2, -0.15) is 0 Å². The molecule has 1 heterocycles. The number of carbonyl (C=O) groups excluding carboxylic acids is 1. The predicted molar refractivity (Wildman–Crippen MR) is 55.8 cm³/mol. The first-order valence-corrected chi connectivity index (χ1v) is 4.71. The molecule has 1 aromatic heterocycles. The molecule has 4 heteroatoms. The van der Waals surface area contributed by atoms with Crippen molar-refractivity contribution in [2.24, 2.45) is 5.73 Å². The summed E-state index contributed by atoms with van der Waals surface area (Å²) in [5, 5.41) is 2.65. The fraction of sp³-hybridized carbons (Fsp3) is 0.400. The van der Waals surface area contributed by atoms with Crippen LogP contribution in [0, 0.1) is 0 Å². The number of anilines is 1. The van der Waals surface area contributed by atoms with Gasteiger partial charge >= 0.3 is 0 Å². The van der Waals surface area contributed by atoms with Crippen molar-refractivity contribution in [1.82, 2.24) is 4.98 Å². The lowest BCUT2D eigenvalue weighted by Gasteiger charge is -2.09. The third-order valence-electron chi connectivity index (χ3n) is 1.85. The molecule has 1 atom stereocenters. The topological polar surface area (TPSA) is 68.0 Å². The van der Waals surface area contributed by atoms with Gasteiger partial charge in [-0.3, -0.25) is 4.79 Å². The van der Waals surface area contributed by atoms with E-state index in [4.69, 9.17) is 5.73 Å². The first kappa shape index (κ1) is 10.7. The molecule has 0 fully saturated rings. The number of nitrogens with two attached hydrogens (primary N) is 1. The minimum absolute atomic E-state index is 0.175. The number of amides is 1. The summed E-state index contributed by atoms with van der Waals surface area (Å²) in [7, 11) is 0. The zero-order chi connectivity index (χ0) is 10.4. The average molecular weight is 193 g/mol. The zero-order valence-corrected chi connectivity index (χ0v) is 8.23. The fourth-order valence-electron chi connectivity index (χ4n) is 1.10. The van der Waals surface area contributed by atoms with Gasteiger partial charge < -0.3 is 11.1 Å². The second kappa shape index (κ2) is 5.34. The first-order valence-electron chi connectivity index (χ1n) is 4.71. The normalized spacial score (nSPS) is 12.1. The molecule has 0 bridgehead atoms. The lowest BCUT2D eigenvalue weighted by Crippen LogP contribution is -2.35. The van der Waals surface area contributed by atoms with E-state index < -0.39 is 6.04 Å². The maximum atomic E-state index is 11.4. The summed E-state index contributed by atoms with van der Waals surface area (Å²) < 4.78 is 0. The van der Waals surface area contributed by atoms with Crippen molar-refractivity contribution in [3.63, 3.8) is 0 Å². The molecule has 0 saturated heterocycles. The minimum atomic E-state index is -0.443. The molecule has 1 aromatic rings. The van der Waals surface area contributed by atoms with Crippen LogP contribution in [0.3, 0.4) is 0 Å². The van der Waals surface area contributed by atoms with E-state index in [1.54, 1.807) is 18.3 Å². The fourth-order valence-corrected chi connectivity index (χ4v) is 1.10. The van der Waals surface area contributed by atoms with Gasteiger partial charge in [-0.05, 0) is 18.6 Å². The average Bonchev–Trinajstić information content (AvgIpc) is 2.19. The Labute approximate surface area is 83.5 Å². The molecule has 3 N–H and O–H groups in total. The van der Waals surface area contributed by atoms with E-state index in [1.807, 2.05) is 13.0 Å². The van der Waals surface area contributed by atoms with Crippen LogP contribution in [0.2, 0.25) is 0 Å². The molecule has 0 aliphatic carbocycles. The molecule has 0 spiro atoms. The van der Waals surface area contributed by atoms with Crippen molar-refractivity contribution in [2.45, 2.75) is 25.8 Å². The van der Waals surface area contributed by atoms with Crippen LogP contribution in [0.5, 0.6) is 0 Å². The van der Waals surface area contributed by atoms with E-state index in [0.717, 1.165) is 6.42 Å². The lowest BCUT2D eigenvalue weighted by molar-refractivity contribution is -0.117. The van der Waals surface area contributed by atoms with Gasteiger partial charge in [-0.15, -0.1) is 0 Å². The van der Waals surface area contributed by atoms with Crippen molar-refractivity contribution in [2.75, 3.05) is 5.32 Å². The number of carbonyl (C=O) groups is 1. The summed E-state index contributed by atoms with van der Waals surface area (Å²) in [6, 6.07) is 4.90. The van der Waals surface area contributed by atoms with Crippen LogP contribution in [0.4, 0.5) is 5.82 Å². The summed E-state index contributed by atoms with van der Waals surface area (Å²) in [6.07, 6.45) is 3.22. The number of pyridine rings is 1. The lowest BCUT2D eigenvalue weighted by atomic mass is 10.2. The SMILES string of the molecule is CCCC(N)C(=O)Nc1ccccn1. The van der Waals surface area contributed by atoms with Gasteiger partial charge in [0.1, 0.15) is 5.82 Å². The Bertz CT molecular complexity index is 287. The second-order valence-corrected chi connectivity index (χ2v) is 3.10. The van der Waals surface area contributed by atoms with E-state index in [1.165, 1.54) is 0 Å². The Morgan fingerprint density at radius 1 is 1.64 bits per heavy atom. The van der Waals surface area contributed by atoms with E-state index in [2.05, 4.69) is 10.3 Å². The van der Waals surface area contributed by atoms with Crippen molar-refractivity contribution in [3.05, 3.63) is 24.4 Å². The Morgan fingerprint density at radius 3 is 3.00 bits per heavy atom. The maximum Gasteiger partial charge on any atom is 0.242 e. The maximum absolute atomic E-state index is 11.4. The third-order valence-corrected chi connectivity index (χ3v) is 1.85. The molecule has 1 rings (SSSR count). The van der Waals surface area contributed by atoms with Gasteiger partial charge in [0, 0.05) is 6.20 Å². The van der Waals surface area contributed by atoms with E-state index in [9.17, 15) is 4.79 Å². The van der Waals surface area contributed by atoms with Gasteiger partial charge in [0.05, 0.1) is 6.04 Å². The van der Waals surface area contributed by atoms with Gasteiger partial charge in [-0.25, -0.2) is 4.98 Å². The first-order chi connectivity index (χ1) is 6.74. The molecule has 14 heavy (non-hydrogen) atoms. The number of nitrogens with zero attached hydrogens (tertiary/aromatic N) is 1. The Balaban J connectivity index is 2.49.